The molecular formula is C11H16O3. The predicted octanol–water partition coefficient (Wildman–Crippen LogP) is 2.19. The molecule has 1 rings (SSSR count). The lowest BCUT2D eigenvalue weighted by Gasteiger charge is -2.12. The van der Waals surface area contributed by atoms with Crippen LogP contribution in [0.1, 0.15) is 27.2 Å². The first-order valence-corrected chi connectivity index (χ1v) is 4.61. The van der Waals surface area contributed by atoms with E-state index in [1.165, 1.54) is 24.3 Å². The fraction of sp³-hybridized carbons (Fsp3) is 0.545. The number of carbonyl (C=O) groups excluding carboxylic acids is 1. The molecule has 0 aromatic heterocycles. The molecule has 0 aromatic rings. The van der Waals surface area contributed by atoms with E-state index in [0.717, 1.165) is 12.0 Å². The van der Waals surface area contributed by atoms with Gasteiger partial charge in [-0.25, -0.2) is 4.79 Å². The number of carbonyl (C=O) groups is 1. The number of allylic oxidation sites excluding steroid dienone is 2. The van der Waals surface area contributed by atoms with Crippen LogP contribution < -0.4 is 0 Å². The molecule has 0 bridgehead atoms. The second kappa shape index (κ2) is 4.42. The minimum absolute atomic E-state index is 0.312. The molecule has 0 saturated heterocycles. The third-order valence-corrected chi connectivity index (χ3v) is 2.37. The van der Waals surface area contributed by atoms with Crippen LogP contribution in [0.3, 0.4) is 0 Å². The quantitative estimate of drug-likeness (QED) is 0.512. The molecule has 0 N–H and O–H groups in total. The summed E-state index contributed by atoms with van der Waals surface area (Å²) >= 11 is 0. The lowest BCUT2D eigenvalue weighted by atomic mass is 10.0. The summed E-state index contributed by atoms with van der Waals surface area (Å²) in [6.07, 6.45) is 1.77. The summed E-state index contributed by atoms with van der Waals surface area (Å²) in [4.78, 5) is 11.0. The number of hydrogen-bond acceptors (Lipinski definition) is 3. The molecule has 1 aliphatic rings. The van der Waals surface area contributed by atoms with Crippen LogP contribution in [0.4, 0.5) is 0 Å². The van der Waals surface area contributed by atoms with Crippen molar-refractivity contribution in [2.75, 3.05) is 7.11 Å². The minimum atomic E-state index is -0.489. The van der Waals surface area contributed by atoms with Crippen molar-refractivity contribution in [1.82, 2.24) is 0 Å². The van der Waals surface area contributed by atoms with E-state index >= 15 is 0 Å². The van der Waals surface area contributed by atoms with Crippen molar-refractivity contribution in [2.24, 2.45) is 0 Å². The lowest BCUT2D eigenvalue weighted by Crippen LogP contribution is -2.14. The van der Waals surface area contributed by atoms with Crippen molar-refractivity contribution in [3.05, 3.63) is 22.8 Å². The SMILES string of the molecule is COC1OC(=O)C=C1CC(C)=C(C)C. The van der Waals surface area contributed by atoms with Gasteiger partial charge in [0.05, 0.1) is 0 Å². The normalized spacial score (nSPS) is 20.4. The van der Waals surface area contributed by atoms with Crippen molar-refractivity contribution >= 4 is 5.97 Å². The van der Waals surface area contributed by atoms with Gasteiger partial charge in [0, 0.05) is 18.8 Å². The smallest absolute Gasteiger partial charge is 0.333 e. The molecule has 1 unspecified atom stereocenters. The number of esters is 1. The average Bonchev–Trinajstić information content (AvgIpc) is 2.45. The highest BCUT2D eigenvalue weighted by Gasteiger charge is 2.25. The van der Waals surface area contributed by atoms with Gasteiger partial charge >= 0.3 is 5.97 Å². The van der Waals surface area contributed by atoms with Gasteiger partial charge in [-0.2, -0.15) is 0 Å². The summed E-state index contributed by atoms with van der Waals surface area (Å²) in [5.74, 6) is -0.312. The second-order valence-electron chi connectivity index (χ2n) is 3.68. The van der Waals surface area contributed by atoms with E-state index in [1.54, 1.807) is 0 Å². The Hall–Kier alpha value is -1.09. The third kappa shape index (κ3) is 2.45. The van der Waals surface area contributed by atoms with Crippen LogP contribution in [0.5, 0.6) is 0 Å². The number of hydrogen-bond donors (Lipinski definition) is 0. The van der Waals surface area contributed by atoms with Gasteiger partial charge in [-0.3, -0.25) is 0 Å². The maximum absolute atomic E-state index is 11.0. The maximum Gasteiger partial charge on any atom is 0.333 e. The van der Waals surface area contributed by atoms with Crippen LogP contribution in [0.2, 0.25) is 0 Å². The molecule has 3 nitrogen and oxygen atoms in total. The van der Waals surface area contributed by atoms with Crippen molar-refractivity contribution in [3.63, 3.8) is 0 Å². The molecule has 0 fully saturated rings. The lowest BCUT2D eigenvalue weighted by molar-refractivity contribution is -0.155. The summed E-state index contributed by atoms with van der Waals surface area (Å²) in [6.45, 7) is 6.15. The molecule has 1 aliphatic heterocycles. The minimum Gasteiger partial charge on any atom is -0.428 e. The first-order valence-electron chi connectivity index (χ1n) is 4.61. The molecule has 0 saturated carbocycles. The van der Waals surface area contributed by atoms with Crippen LogP contribution >= 0.6 is 0 Å². The standard InChI is InChI=1S/C11H16O3/c1-7(2)8(3)5-9-6-10(12)14-11(9)13-4/h6,11H,5H2,1-4H3. The third-order valence-electron chi connectivity index (χ3n) is 2.37. The summed E-state index contributed by atoms with van der Waals surface area (Å²) in [6, 6.07) is 0. The highest BCUT2D eigenvalue weighted by molar-refractivity contribution is 5.85. The van der Waals surface area contributed by atoms with Crippen LogP contribution in [0, 0.1) is 0 Å². The summed E-state index contributed by atoms with van der Waals surface area (Å²) < 4.78 is 9.97. The van der Waals surface area contributed by atoms with Crippen molar-refractivity contribution in [1.29, 1.82) is 0 Å². The first-order chi connectivity index (χ1) is 6.54. The van der Waals surface area contributed by atoms with Gasteiger partial charge in [-0.1, -0.05) is 11.1 Å². The topological polar surface area (TPSA) is 35.5 Å². The molecule has 78 valence electrons. The van der Waals surface area contributed by atoms with E-state index in [2.05, 4.69) is 13.8 Å². The zero-order valence-electron chi connectivity index (χ0n) is 9.09. The van der Waals surface area contributed by atoms with Gasteiger partial charge in [0.2, 0.25) is 6.29 Å². The molecule has 0 aliphatic carbocycles. The first kappa shape index (κ1) is 11.0. The summed E-state index contributed by atoms with van der Waals surface area (Å²) in [5, 5.41) is 0. The fourth-order valence-corrected chi connectivity index (χ4v) is 1.25. The zero-order chi connectivity index (χ0) is 10.7. The van der Waals surface area contributed by atoms with E-state index in [-0.39, 0.29) is 5.97 Å². The number of cyclic esters (lactones) is 1. The highest BCUT2D eigenvalue weighted by atomic mass is 16.7. The largest absolute Gasteiger partial charge is 0.428 e. The van der Waals surface area contributed by atoms with Crippen LogP contribution in [0.15, 0.2) is 22.8 Å². The van der Waals surface area contributed by atoms with Gasteiger partial charge in [-0.05, 0) is 27.2 Å². The second-order valence-corrected chi connectivity index (χ2v) is 3.68. The van der Waals surface area contributed by atoms with Crippen molar-refractivity contribution in [3.8, 4) is 0 Å². The van der Waals surface area contributed by atoms with Gasteiger partial charge in [-0.15, -0.1) is 0 Å². The molecular weight excluding hydrogens is 180 g/mol. The Balaban J connectivity index is 2.73. The highest BCUT2D eigenvalue weighted by Crippen LogP contribution is 2.24. The van der Waals surface area contributed by atoms with Gasteiger partial charge in [0.25, 0.3) is 0 Å². The van der Waals surface area contributed by atoms with E-state index in [1.807, 2.05) is 6.92 Å². The number of rotatable bonds is 3. The van der Waals surface area contributed by atoms with Crippen LogP contribution in [-0.2, 0) is 14.3 Å². The molecule has 0 amide bonds. The Labute approximate surface area is 84.4 Å². The Morgan fingerprint density at radius 1 is 1.50 bits per heavy atom. The Bertz CT molecular complexity index is 296. The van der Waals surface area contributed by atoms with E-state index < -0.39 is 6.29 Å². The molecule has 0 radical (unpaired) electrons. The Morgan fingerprint density at radius 3 is 2.64 bits per heavy atom. The van der Waals surface area contributed by atoms with Gasteiger partial charge < -0.3 is 9.47 Å². The molecule has 14 heavy (non-hydrogen) atoms. The van der Waals surface area contributed by atoms with Gasteiger partial charge in [0.1, 0.15) is 0 Å². The average molecular weight is 196 g/mol. The van der Waals surface area contributed by atoms with E-state index in [0.29, 0.717) is 0 Å². The Morgan fingerprint density at radius 2 is 2.14 bits per heavy atom. The predicted molar refractivity (Wildman–Crippen MR) is 53.6 cm³/mol. The number of methoxy groups -OCH3 is 1. The van der Waals surface area contributed by atoms with Crippen LogP contribution in [-0.4, -0.2) is 19.4 Å². The molecule has 1 heterocycles. The molecule has 1 atom stereocenters. The monoisotopic (exact) mass is 196 g/mol. The van der Waals surface area contributed by atoms with Crippen molar-refractivity contribution < 1.29 is 14.3 Å². The summed E-state index contributed by atoms with van der Waals surface area (Å²) in [5.41, 5.74) is 3.41. The fourth-order valence-electron chi connectivity index (χ4n) is 1.25. The zero-order valence-corrected chi connectivity index (χ0v) is 9.09. The van der Waals surface area contributed by atoms with E-state index in [9.17, 15) is 4.79 Å². The van der Waals surface area contributed by atoms with E-state index in [4.69, 9.17) is 9.47 Å². The van der Waals surface area contributed by atoms with Crippen molar-refractivity contribution in [2.45, 2.75) is 33.5 Å². The molecule has 0 spiro atoms. The molecule has 0 aromatic carbocycles. The number of ether oxygens (including phenoxy) is 2. The Kier molecular flexibility index (Phi) is 3.47. The summed E-state index contributed by atoms with van der Waals surface area (Å²) in [7, 11) is 1.54. The maximum atomic E-state index is 11.0. The van der Waals surface area contributed by atoms with Crippen LogP contribution in [0.25, 0.3) is 0 Å². The van der Waals surface area contributed by atoms with Gasteiger partial charge in [0.15, 0.2) is 0 Å². The molecule has 3 heteroatoms.